The van der Waals surface area contributed by atoms with Gasteiger partial charge in [0.05, 0.1) is 12.2 Å². The molecule has 1 N–H and O–H groups in total. The molecule has 0 amide bonds. The van der Waals surface area contributed by atoms with E-state index in [0.29, 0.717) is 11.5 Å². The molecule has 5 heteroatoms. The van der Waals surface area contributed by atoms with Crippen LogP contribution in [0.4, 0.5) is 11.5 Å². The summed E-state index contributed by atoms with van der Waals surface area (Å²) in [5, 5.41) is 16.6. The van der Waals surface area contributed by atoms with Crippen LogP contribution in [0, 0.1) is 25.2 Å². The molecule has 23 heavy (non-hydrogen) atoms. The standard InChI is InChI=1S/C18H17N5/c1-13-9-14(2)23(22-13)12-15-5-3-6-16(10-15)20-18-8-4-7-17(11-19)21-18/h3-10H,12H2,1-2H3,(H,20,21). The van der Waals surface area contributed by atoms with E-state index < -0.39 is 0 Å². The summed E-state index contributed by atoms with van der Waals surface area (Å²) in [6, 6.07) is 17.6. The maximum Gasteiger partial charge on any atom is 0.142 e. The predicted octanol–water partition coefficient (Wildman–Crippen LogP) is 3.56. The van der Waals surface area contributed by atoms with E-state index in [1.165, 1.54) is 0 Å². The molecule has 2 heterocycles. The Morgan fingerprint density at radius 1 is 1.13 bits per heavy atom. The van der Waals surface area contributed by atoms with Crippen LogP contribution >= 0.6 is 0 Å². The molecule has 1 aromatic carbocycles. The maximum absolute atomic E-state index is 8.91. The minimum absolute atomic E-state index is 0.397. The fourth-order valence-corrected chi connectivity index (χ4v) is 2.47. The van der Waals surface area contributed by atoms with Crippen LogP contribution in [0.2, 0.25) is 0 Å². The van der Waals surface area contributed by atoms with E-state index in [-0.39, 0.29) is 0 Å². The molecule has 0 bridgehead atoms. The number of nitrogens with one attached hydrogen (secondary N) is 1. The van der Waals surface area contributed by atoms with Crippen molar-refractivity contribution in [1.82, 2.24) is 14.8 Å². The summed E-state index contributed by atoms with van der Waals surface area (Å²) in [5.41, 5.74) is 4.65. The SMILES string of the molecule is Cc1cc(C)n(Cc2cccc(Nc3cccc(C#N)n3)c2)n1. The van der Waals surface area contributed by atoms with Crippen molar-refractivity contribution in [1.29, 1.82) is 5.26 Å². The molecule has 0 saturated carbocycles. The van der Waals surface area contributed by atoms with E-state index in [9.17, 15) is 0 Å². The molecule has 114 valence electrons. The molecule has 2 aromatic heterocycles. The summed E-state index contributed by atoms with van der Waals surface area (Å²) in [6.07, 6.45) is 0. The Hall–Kier alpha value is -3.13. The number of benzene rings is 1. The molecule has 3 aromatic rings. The molecule has 0 aliphatic heterocycles. The molecular formula is C18H17N5. The number of nitrogens with zero attached hydrogens (tertiary/aromatic N) is 4. The van der Waals surface area contributed by atoms with Crippen LogP contribution in [0.15, 0.2) is 48.5 Å². The van der Waals surface area contributed by atoms with Gasteiger partial charge in [0, 0.05) is 11.4 Å². The molecular weight excluding hydrogens is 286 g/mol. The number of aryl methyl sites for hydroxylation is 2. The smallest absolute Gasteiger partial charge is 0.142 e. The Morgan fingerprint density at radius 2 is 1.96 bits per heavy atom. The Morgan fingerprint density at radius 3 is 2.70 bits per heavy atom. The fraction of sp³-hybridized carbons (Fsp3) is 0.167. The number of nitriles is 1. The summed E-state index contributed by atoms with van der Waals surface area (Å²) in [5.74, 6) is 0.660. The van der Waals surface area contributed by atoms with Gasteiger partial charge in [-0.1, -0.05) is 18.2 Å². The van der Waals surface area contributed by atoms with Crippen LogP contribution in [-0.2, 0) is 6.54 Å². The fourth-order valence-electron chi connectivity index (χ4n) is 2.47. The van der Waals surface area contributed by atoms with E-state index >= 15 is 0 Å². The Kier molecular flexibility index (Phi) is 4.07. The first kappa shape index (κ1) is 14.8. The molecule has 0 radical (unpaired) electrons. The van der Waals surface area contributed by atoms with Gasteiger partial charge in [-0.25, -0.2) is 4.98 Å². The minimum atomic E-state index is 0.397. The highest BCUT2D eigenvalue weighted by Crippen LogP contribution is 2.17. The second-order valence-corrected chi connectivity index (χ2v) is 5.43. The van der Waals surface area contributed by atoms with E-state index in [1.54, 1.807) is 6.07 Å². The lowest BCUT2D eigenvalue weighted by molar-refractivity contribution is 0.659. The Labute approximate surface area is 135 Å². The number of hydrogen-bond donors (Lipinski definition) is 1. The average Bonchev–Trinajstić information content (AvgIpc) is 2.85. The van der Waals surface area contributed by atoms with Crippen molar-refractivity contribution in [2.24, 2.45) is 0 Å². The number of pyridine rings is 1. The molecule has 5 nitrogen and oxygen atoms in total. The number of aromatic nitrogens is 3. The van der Waals surface area contributed by atoms with Gasteiger partial charge >= 0.3 is 0 Å². The third-order valence-corrected chi connectivity index (χ3v) is 3.50. The average molecular weight is 303 g/mol. The number of rotatable bonds is 4. The lowest BCUT2D eigenvalue weighted by Gasteiger charge is -2.09. The van der Waals surface area contributed by atoms with E-state index in [1.807, 2.05) is 41.9 Å². The molecule has 0 aliphatic carbocycles. The first-order valence-corrected chi connectivity index (χ1v) is 7.38. The summed E-state index contributed by atoms with van der Waals surface area (Å²) < 4.78 is 1.99. The summed E-state index contributed by atoms with van der Waals surface area (Å²) in [7, 11) is 0. The first-order valence-electron chi connectivity index (χ1n) is 7.38. The van der Waals surface area contributed by atoms with Crippen molar-refractivity contribution in [3.05, 3.63) is 71.2 Å². The van der Waals surface area contributed by atoms with Gasteiger partial charge in [0.15, 0.2) is 0 Å². The first-order chi connectivity index (χ1) is 11.1. The highest BCUT2D eigenvalue weighted by Gasteiger charge is 2.04. The van der Waals surface area contributed by atoms with Crippen molar-refractivity contribution >= 4 is 11.5 Å². The zero-order chi connectivity index (χ0) is 16.2. The van der Waals surface area contributed by atoms with Gasteiger partial charge in [0.25, 0.3) is 0 Å². The molecule has 0 atom stereocenters. The zero-order valence-corrected chi connectivity index (χ0v) is 13.1. The molecule has 3 rings (SSSR count). The second-order valence-electron chi connectivity index (χ2n) is 5.43. The Bertz CT molecular complexity index is 873. The van der Waals surface area contributed by atoms with Crippen LogP contribution < -0.4 is 5.32 Å². The normalized spacial score (nSPS) is 10.3. The van der Waals surface area contributed by atoms with Crippen LogP contribution in [0.5, 0.6) is 0 Å². The van der Waals surface area contributed by atoms with Gasteiger partial charge in [0.2, 0.25) is 0 Å². The monoisotopic (exact) mass is 303 g/mol. The lowest BCUT2D eigenvalue weighted by Crippen LogP contribution is -2.04. The van der Waals surface area contributed by atoms with Crippen LogP contribution in [-0.4, -0.2) is 14.8 Å². The van der Waals surface area contributed by atoms with Gasteiger partial charge in [-0.15, -0.1) is 0 Å². The number of hydrogen-bond acceptors (Lipinski definition) is 4. The van der Waals surface area contributed by atoms with E-state index in [2.05, 4.69) is 40.5 Å². The highest BCUT2D eigenvalue weighted by molar-refractivity contribution is 5.57. The maximum atomic E-state index is 8.91. The van der Waals surface area contributed by atoms with Crippen LogP contribution in [0.1, 0.15) is 22.6 Å². The van der Waals surface area contributed by atoms with E-state index in [4.69, 9.17) is 5.26 Å². The van der Waals surface area contributed by atoms with E-state index in [0.717, 1.165) is 29.2 Å². The molecule has 0 aliphatic rings. The quantitative estimate of drug-likeness (QED) is 0.800. The van der Waals surface area contributed by atoms with Crippen LogP contribution in [0.3, 0.4) is 0 Å². The molecule has 0 spiro atoms. The second kappa shape index (κ2) is 6.32. The van der Waals surface area contributed by atoms with Crippen molar-refractivity contribution in [3.63, 3.8) is 0 Å². The van der Waals surface area contributed by atoms with Crippen LogP contribution in [0.25, 0.3) is 0 Å². The van der Waals surface area contributed by atoms with Gasteiger partial charge in [0.1, 0.15) is 17.6 Å². The molecule has 0 unspecified atom stereocenters. The van der Waals surface area contributed by atoms with Crippen molar-refractivity contribution in [3.8, 4) is 6.07 Å². The summed E-state index contributed by atoms with van der Waals surface area (Å²) in [6.45, 7) is 4.77. The van der Waals surface area contributed by atoms with Crippen molar-refractivity contribution in [2.75, 3.05) is 5.32 Å². The third-order valence-electron chi connectivity index (χ3n) is 3.50. The lowest BCUT2D eigenvalue weighted by atomic mass is 10.2. The Balaban J connectivity index is 1.79. The zero-order valence-electron chi connectivity index (χ0n) is 13.1. The summed E-state index contributed by atoms with van der Waals surface area (Å²) in [4.78, 5) is 4.23. The number of anilines is 2. The summed E-state index contributed by atoms with van der Waals surface area (Å²) >= 11 is 0. The predicted molar refractivity (Wildman–Crippen MR) is 89.5 cm³/mol. The van der Waals surface area contributed by atoms with Gasteiger partial charge < -0.3 is 5.32 Å². The minimum Gasteiger partial charge on any atom is -0.340 e. The van der Waals surface area contributed by atoms with Gasteiger partial charge in [-0.3, -0.25) is 4.68 Å². The third kappa shape index (κ3) is 3.55. The van der Waals surface area contributed by atoms with Gasteiger partial charge in [-0.05, 0) is 49.7 Å². The van der Waals surface area contributed by atoms with Crippen molar-refractivity contribution in [2.45, 2.75) is 20.4 Å². The topological polar surface area (TPSA) is 66.5 Å². The molecule has 0 fully saturated rings. The largest absolute Gasteiger partial charge is 0.340 e. The van der Waals surface area contributed by atoms with Gasteiger partial charge in [-0.2, -0.15) is 10.4 Å². The highest BCUT2D eigenvalue weighted by atomic mass is 15.3. The van der Waals surface area contributed by atoms with Crippen molar-refractivity contribution < 1.29 is 0 Å². The molecule has 0 saturated heterocycles.